The summed E-state index contributed by atoms with van der Waals surface area (Å²) in [5.74, 6) is -0.250. The van der Waals surface area contributed by atoms with E-state index in [1.54, 1.807) is 6.07 Å². The highest BCUT2D eigenvalue weighted by atomic mass is 19.1. The molecule has 104 valence electrons. The molecule has 0 bridgehead atoms. The van der Waals surface area contributed by atoms with E-state index in [0.717, 1.165) is 37.7 Å². The molecule has 0 radical (unpaired) electrons. The first kappa shape index (κ1) is 13.8. The molecule has 0 saturated heterocycles. The summed E-state index contributed by atoms with van der Waals surface area (Å²) in [5.41, 5.74) is 0.469. The topological polar surface area (TPSA) is 41.1 Å². The van der Waals surface area contributed by atoms with Gasteiger partial charge in [-0.05, 0) is 37.0 Å². The van der Waals surface area contributed by atoms with Gasteiger partial charge in [-0.25, -0.2) is 9.18 Å². The number of hydrogen-bond acceptors (Lipinski definition) is 1. The summed E-state index contributed by atoms with van der Waals surface area (Å²) in [6.45, 7) is 2.67. The first-order valence-electron chi connectivity index (χ1n) is 6.98. The van der Waals surface area contributed by atoms with Crippen LogP contribution >= 0.6 is 0 Å². The van der Waals surface area contributed by atoms with E-state index in [0.29, 0.717) is 6.54 Å². The molecule has 2 amide bonds. The average molecular weight is 264 g/mol. The van der Waals surface area contributed by atoms with Gasteiger partial charge in [0.15, 0.2) is 0 Å². The molecule has 3 nitrogen and oxygen atoms in total. The second-order valence-electron chi connectivity index (χ2n) is 5.18. The molecule has 2 N–H and O–H groups in total. The molecular weight excluding hydrogens is 243 g/mol. The Labute approximate surface area is 113 Å². The molecule has 1 fully saturated rings. The number of halogens is 1. The van der Waals surface area contributed by atoms with E-state index < -0.39 is 5.54 Å². The third-order valence-electron chi connectivity index (χ3n) is 3.72. The molecule has 1 saturated carbocycles. The van der Waals surface area contributed by atoms with Crippen molar-refractivity contribution in [1.29, 1.82) is 0 Å². The fourth-order valence-electron chi connectivity index (χ4n) is 2.75. The van der Waals surface area contributed by atoms with Crippen LogP contribution < -0.4 is 10.6 Å². The Balaban J connectivity index is 2.16. The number of nitrogens with one attached hydrogen (secondary N) is 2. The molecule has 0 unspecified atom stereocenters. The Hall–Kier alpha value is -1.58. The fourth-order valence-corrected chi connectivity index (χ4v) is 2.75. The maximum Gasteiger partial charge on any atom is 0.315 e. The Bertz CT molecular complexity index is 442. The van der Waals surface area contributed by atoms with E-state index >= 15 is 0 Å². The smallest absolute Gasteiger partial charge is 0.315 e. The van der Waals surface area contributed by atoms with Crippen molar-refractivity contribution in [3.63, 3.8) is 0 Å². The normalized spacial score (nSPS) is 17.2. The summed E-state index contributed by atoms with van der Waals surface area (Å²) >= 11 is 0. The summed E-state index contributed by atoms with van der Waals surface area (Å²) in [6, 6.07) is 6.41. The van der Waals surface area contributed by atoms with Crippen LogP contribution in [0.15, 0.2) is 24.3 Å². The Kier molecular flexibility index (Phi) is 4.40. The van der Waals surface area contributed by atoms with Gasteiger partial charge in [0.25, 0.3) is 0 Å². The third-order valence-corrected chi connectivity index (χ3v) is 3.72. The van der Waals surface area contributed by atoms with Crippen LogP contribution in [0.2, 0.25) is 0 Å². The SMILES string of the molecule is CCCNC(=O)NC1(c2cccc(F)c2)CCCC1. The summed E-state index contributed by atoms with van der Waals surface area (Å²) < 4.78 is 13.4. The monoisotopic (exact) mass is 264 g/mol. The zero-order valence-corrected chi connectivity index (χ0v) is 11.3. The minimum absolute atomic E-state index is 0.159. The van der Waals surface area contributed by atoms with Crippen LogP contribution in [0.5, 0.6) is 0 Å². The van der Waals surface area contributed by atoms with Gasteiger partial charge in [0.2, 0.25) is 0 Å². The lowest BCUT2D eigenvalue weighted by atomic mass is 9.88. The number of amides is 2. The van der Waals surface area contributed by atoms with Crippen molar-refractivity contribution in [3.8, 4) is 0 Å². The molecule has 4 heteroatoms. The van der Waals surface area contributed by atoms with Crippen LogP contribution in [0.25, 0.3) is 0 Å². The Morgan fingerprint density at radius 2 is 2.11 bits per heavy atom. The van der Waals surface area contributed by atoms with Gasteiger partial charge >= 0.3 is 6.03 Å². The van der Waals surface area contributed by atoms with Gasteiger partial charge in [0.1, 0.15) is 5.82 Å². The van der Waals surface area contributed by atoms with Crippen LogP contribution in [0.3, 0.4) is 0 Å². The number of carbonyl (C=O) groups excluding carboxylic acids is 1. The van der Waals surface area contributed by atoms with Crippen LogP contribution in [-0.2, 0) is 5.54 Å². The predicted molar refractivity (Wildman–Crippen MR) is 73.4 cm³/mol. The van der Waals surface area contributed by atoms with Gasteiger partial charge in [-0.1, -0.05) is 31.9 Å². The third kappa shape index (κ3) is 3.25. The molecule has 1 aromatic carbocycles. The first-order chi connectivity index (χ1) is 9.16. The van der Waals surface area contributed by atoms with E-state index in [4.69, 9.17) is 0 Å². The van der Waals surface area contributed by atoms with E-state index in [1.165, 1.54) is 12.1 Å². The molecule has 1 aliphatic rings. The zero-order chi connectivity index (χ0) is 13.7. The number of rotatable bonds is 4. The van der Waals surface area contributed by atoms with Crippen molar-refractivity contribution in [2.45, 2.75) is 44.6 Å². The van der Waals surface area contributed by atoms with Crippen molar-refractivity contribution in [1.82, 2.24) is 10.6 Å². The predicted octanol–water partition coefficient (Wildman–Crippen LogP) is 3.30. The molecule has 1 aromatic rings. The molecule has 2 rings (SSSR count). The summed E-state index contributed by atoms with van der Waals surface area (Å²) in [4.78, 5) is 11.9. The molecule has 0 heterocycles. The molecule has 0 aromatic heterocycles. The second-order valence-corrected chi connectivity index (χ2v) is 5.18. The van der Waals surface area contributed by atoms with Crippen LogP contribution in [0, 0.1) is 5.82 Å². The lowest BCUT2D eigenvalue weighted by molar-refractivity contribution is 0.224. The van der Waals surface area contributed by atoms with Crippen LogP contribution in [-0.4, -0.2) is 12.6 Å². The van der Waals surface area contributed by atoms with Gasteiger partial charge in [0, 0.05) is 6.54 Å². The highest BCUT2D eigenvalue weighted by molar-refractivity contribution is 5.75. The Morgan fingerprint density at radius 1 is 1.37 bits per heavy atom. The standard InChI is InChI=1S/C15H21FN2O/c1-2-10-17-14(19)18-15(8-3-4-9-15)12-6-5-7-13(16)11-12/h5-7,11H,2-4,8-10H2,1H3,(H2,17,18,19). The van der Waals surface area contributed by atoms with Gasteiger partial charge in [0.05, 0.1) is 5.54 Å². The molecule has 1 aliphatic carbocycles. The van der Waals surface area contributed by atoms with Gasteiger partial charge in [-0.3, -0.25) is 0 Å². The molecule has 0 spiro atoms. The minimum Gasteiger partial charge on any atom is -0.338 e. The second kappa shape index (κ2) is 6.04. The van der Waals surface area contributed by atoms with Gasteiger partial charge < -0.3 is 10.6 Å². The fraction of sp³-hybridized carbons (Fsp3) is 0.533. The summed E-state index contributed by atoms with van der Waals surface area (Å²) in [7, 11) is 0. The highest BCUT2D eigenvalue weighted by Gasteiger charge is 2.37. The van der Waals surface area contributed by atoms with Crippen molar-refractivity contribution in [2.24, 2.45) is 0 Å². The van der Waals surface area contributed by atoms with Crippen molar-refractivity contribution >= 4 is 6.03 Å². The minimum atomic E-state index is -0.403. The van der Waals surface area contributed by atoms with Gasteiger partial charge in [-0.2, -0.15) is 0 Å². The lowest BCUT2D eigenvalue weighted by Gasteiger charge is -2.31. The molecule has 19 heavy (non-hydrogen) atoms. The maximum atomic E-state index is 13.4. The van der Waals surface area contributed by atoms with Crippen molar-refractivity contribution in [3.05, 3.63) is 35.6 Å². The average Bonchev–Trinajstić information content (AvgIpc) is 2.86. The maximum absolute atomic E-state index is 13.4. The van der Waals surface area contributed by atoms with Crippen molar-refractivity contribution < 1.29 is 9.18 Å². The quantitative estimate of drug-likeness (QED) is 0.860. The highest BCUT2D eigenvalue weighted by Crippen LogP contribution is 2.38. The molecule has 0 aliphatic heterocycles. The number of hydrogen-bond donors (Lipinski definition) is 2. The van der Waals surface area contributed by atoms with E-state index in [-0.39, 0.29) is 11.8 Å². The summed E-state index contributed by atoms with van der Waals surface area (Å²) in [5, 5.41) is 5.88. The van der Waals surface area contributed by atoms with E-state index in [9.17, 15) is 9.18 Å². The first-order valence-corrected chi connectivity index (χ1v) is 6.98. The Morgan fingerprint density at radius 3 is 2.74 bits per heavy atom. The number of benzene rings is 1. The lowest BCUT2D eigenvalue weighted by Crippen LogP contribution is -2.48. The van der Waals surface area contributed by atoms with Crippen LogP contribution in [0.4, 0.5) is 9.18 Å². The summed E-state index contributed by atoms with van der Waals surface area (Å²) in [6.07, 6.45) is 4.77. The number of carbonyl (C=O) groups is 1. The largest absolute Gasteiger partial charge is 0.338 e. The van der Waals surface area contributed by atoms with Crippen LogP contribution in [0.1, 0.15) is 44.6 Å². The van der Waals surface area contributed by atoms with E-state index in [2.05, 4.69) is 10.6 Å². The van der Waals surface area contributed by atoms with E-state index in [1.807, 2.05) is 13.0 Å². The van der Waals surface area contributed by atoms with Gasteiger partial charge in [-0.15, -0.1) is 0 Å². The zero-order valence-electron chi connectivity index (χ0n) is 11.3. The number of urea groups is 1. The van der Waals surface area contributed by atoms with Crippen molar-refractivity contribution in [2.75, 3.05) is 6.54 Å². The molecular formula is C15H21FN2O. The molecule has 0 atom stereocenters.